The predicted molar refractivity (Wildman–Crippen MR) is 195 cm³/mol. The smallest absolute Gasteiger partial charge is 0.408 e. The molecule has 2 aliphatic heterocycles. The predicted octanol–water partition coefficient (Wildman–Crippen LogP) is 5.96. The van der Waals surface area contributed by atoms with E-state index < -0.39 is 62.2 Å². The van der Waals surface area contributed by atoms with E-state index >= 15 is 0 Å². The minimum Gasteiger partial charge on any atom is -0.457 e. The van der Waals surface area contributed by atoms with E-state index in [-0.39, 0.29) is 25.0 Å². The van der Waals surface area contributed by atoms with Gasteiger partial charge in [0.2, 0.25) is 11.8 Å². The molecule has 5 aliphatic rings. The zero-order valence-electron chi connectivity index (χ0n) is 29.2. The molecule has 0 spiro atoms. The van der Waals surface area contributed by atoms with E-state index in [0.717, 1.165) is 56.1 Å². The summed E-state index contributed by atoms with van der Waals surface area (Å²) in [7, 11) is -3.63. The fraction of sp³-hybridized carbons (Fsp3) is 0.538. The SMILES string of the molecule is O=C(N[C@H]1CCCCCC=C[C@@H]2C[C@@]2(C(=O)CS(=O)(=O)C2CC2)NC(=O)C2Cc3cc(Oc4cccc(Cl)c4)ccc3CN2C1=O)OC1CCCC1. The third-order valence-electron chi connectivity index (χ3n) is 11.0. The van der Waals surface area contributed by atoms with E-state index in [2.05, 4.69) is 10.6 Å². The number of alkyl carbamates (subject to hydrolysis) is 1. The van der Waals surface area contributed by atoms with Crippen LogP contribution in [0.4, 0.5) is 4.79 Å². The summed E-state index contributed by atoms with van der Waals surface area (Å²) in [5, 5.41) is 5.83. The van der Waals surface area contributed by atoms with Crippen LogP contribution in [0, 0.1) is 5.92 Å². The molecule has 13 heteroatoms. The third-order valence-corrected chi connectivity index (χ3v) is 13.4. The average molecular weight is 752 g/mol. The van der Waals surface area contributed by atoms with Crippen LogP contribution < -0.4 is 15.4 Å². The second-order valence-corrected chi connectivity index (χ2v) is 17.7. The molecule has 278 valence electrons. The first-order chi connectivity index (χ1) is 25.0. The van der Waals surface area contributed by atoms with Crippen LogP contribution in [0.3, 0.4) is 0 Å². The van der Waals surface area contributed by atoms with Crippen molar-refractivity contribution in [3.05, 3.63) is 70.8 Å². The quantitative estimate of drug-likeness (QED) is 0.314. The Hall–Kier alpha value is -3.90. The highest BCUT2D eigenvalue weighted by Gasteiger charge is 2.61. The molecule has 3 saturated carbocycles. The Morgan fingerprint density at radius 3 is 2.48 bits per heavy atom. The summed E-state index contributed by atoms with van der Waals surface area (Å²) >= 11 is 6.17. The van der Waals surface area contributed by atoms with Gasteiger partial charge in [-0.15, -0.1) is 0 Å². The van der Waals surface area contributed by atoms with Gasteiger partial charge in [0.05, 0.1) is 5.25 Å². The molecule has 3 aliphatic carbocycles. The monoisotopic (exact) mass is 751 g/mol. The fourth-order valence-corrected chi connectivity index (χ4v) is 9.70. The first-order valence-corrected chi connectivity index (χ1v) is 20.7. The number of ether oxygens (including phenoxy) is 2. The van der Waals surface area contributed by atoms with Crippen molar-refractivity contribution in [1.82, 2.24) is 15.5 Å². The lowest BCUT2D eigenvalue weighted by Crippen LogP contribution is -2.60. The van der Waals surface area contributed by atoms with Gasteiger partial charge < -0.3 is 25.0 Å². The summed E-state index contributed by atoms with van der Waals surface area (Å²) in [6.45, 7) is 0.0832. The van der Waals surface area contributed by atoms with Crippen molar-refractivity contribution in [2.45, 2.75) is 119 Å². The van der Waals surface area contributed by atoms with Crippen LogP contribution in [0.5, 0.6) is 11.5 Å². The number of amides is 3. The Morgan fingerprint density at radius 2 is 1.71 bits per heavy atom. The Morgan fingerprint density at radius 1 is 0.942 bits per heavy atom. The highest BCUT2D eigenvalue weighted by atomic mass is 35.5. The number of hydrogen-bond donors (Lipinski definition) is 2. The normalized spacial score (nSPS) is 26.9. The molecule has 3 fully saturated rings. The minimum atomic E-state index is -3.63. The number of benzene rings is 2. The number of fused-ring (bicyclic) bond motifs is 3. The minimum absolute atomic E-state index is 0.0832. The molecule has 0 aromatic heterocycles. The number of ketones is 1. The number of carbonyl (C=O) groups is 4. The van der Waals surface area contributed by atoms with E-state index in [9.17, 15) is 27.6 Å². The third kappa shape index (κ3) is 8.33. The topological polar surface area (TPSA) is 148 Å². The van der Waals surface area contributed by atoms with Crippen LogP contribution >= 0.6 is 11.6 Å². The average Bonchev–Trinajstić information content (AvgIpc) is 4.03. The molecule has 52 heavy (non-hydrogen) atoms. The van der Waals surface area contributed by atoms with Crippen LogP contribution in [0.1, 0.15) is 88.2 Å². The second-order valence-electron chi connectivity index (χ2n) is 15.0. The van der Waals surface area contributed by atoms with Crippen LogP contribution in [0.15, 0.2) is 54.6 Å². The van der Waals surface area contributed by atoms with Gasteiger partial charge in [0.1, 0.15) is 41.0 Å². The number of carbonyl (C=O) groups excluding carboxylic acids is 4. The van der Waals surface area contributed by atoms with E-state index in [4.69, 9.17) is 21.1 Å². The molecule has 0 radical (unpaired) electrons. The van der Waals surface area contributed by atoms with Gasteiger partial charge >= 0.3 is 6.09 Å². The summed E-state index contributed by atoms with van der Waals surface area (Å²) in [5.41, 5.74) is 0.232. The number of sulfone groups is 1. The molecule has 0 saturated heterocycles. The van der Waals surface area contributed by atoms with Gasteiger partial charge in [-0.1, -0.05) is 48.7 Å². The Bertz CT molecular complexity index is 1860. The number of allylic oxidation sites excluding steroid dienone is 1. The van der Waals surface area contributed by atoms with Gasteiger partial charge in [-0.05, 0) is 106 Å². The number of rotatable bonds is 8. The van der Waals surface area contributed by atoms with Gasteiger partial charge in [0, 0.05) is 23.9 Å². The van der Waals surface area contributed by atoms with Gasteiger partial charge in [-0.25, -0.2) is 13.2 Å². The fourth-order valence-electron chi connectivity index (χ4n) is 7.81. The van der Waals surface area contributed by atoms with Crippen molar-refractivity contribution >= 4 is 45.1 Å². The summed E-state index contributed by atoms with van der Waals surface area (Å²) in [6, 6.07) is 10.5. The lowest BCUT2D eigenvalue weighted by molar-refractivity contribution is -0.144. The van der Waals surface area contributed by atoms with Gasteiger partial charge in [-0.2, -0.15) is 0 Å². The molecule has 7 rings (SSSR count). The number of Topliss-reactive ketones (excluding diaryl/α,β-unsaturated/α-hetero) is 1. The molecule has 2 aromatic carbocycles. The first-order valence-electron chi connectivity index (χ1n) is 18.6. The second kappa shape index (κ2) is 15.2. The highest BCUT2D eigenvalue weighted by Crippen LogP contribution is 2.47. The van der Waals surface area contributed by atoms with Crippen LogP contribution in [-0.4, -0.2) is 71.7 Å². The molecule has 2 heterocycles. The lowest BCUT2D eigenvalue weighted by Gasteiger charge is -2.39. The number of nitrogens with one attached hydrogen (secondary N) is 2. The summed E-state index contributed by atoms with van der Waals surface area (Å²) < 4.78 is 37.6. The molecule has 11 nitrogen and oxygen atoms in total. The number of halogens is 1. The molecule has 3 amide bonds. The lowest BCUT2D eigenvalue weighted by atomic mass is 9.91. The van der Waals surface area contributed by atoms with Crippen LogP contribution in [0.25, 0.3) is 0 Å². The summed E-state index contributed by atoms with van der Waals surface area (Å²) in [5.74, 6) is -1.39. The Labute approximate surface area is 309 Å². The molecule has 2 N–H and O–H groups in total. The molecular weight excluding hydrogens is 706 g/mol. The number of hydrogen-bond acceptors (Lipinski definition) is 8. The van der Waals surface area contributed by atoms with E-state index in [1.807, 2.05) is 24.3 Å². The van der Waals surface area contributed by atoms with Crippen molar-refractivity contribution in [1.29, 1.82) is 0 Å². The molecule has 2 aromatic rings. The largest absolute Gasteiger partial charge is 0.457 e. The molecular formula is C39H46ClN3O8S. The van der Waals surface area contributed by atoms with Crippen molar-refractivity contribution in [3.63, 3.8) is 0 Å². The van der Waals surface area contributed by atoms with Crippen molar-refractivity contribution in [2.75, 3.05) is 5.75 Å². The van der Waals surface area contributed by atoms with Crippen LogP contribution in [-0.2, 0) is 41.9 Å². The highest BCUT2D eigenvalue weighted by molar-refractivity contribution is 7.93. The van der Waals surface area contributed by atoms with Gasteiger partial charge in [0.25, 0.3) is 0 Å². The molecule has 0 bridgehead atoms. The standard InChI is InChI=1S/C39H46ClN3O8S/c40-28-10-8-13-30(21-28)50-31-16-15-25-23-43-34(20-26(25)19-31)36(45)42-39(35(44)24-52(48,49)32-17-18-32)22-27(39)9-4-2-1-3-5-14-33(37(43)46)41-38(47)51-29-11-6-7-12-29/h4,8-10,13,15-16,19,21,27,29,32-34H,1-3,5-7,11-12,14,17-18,20,22-24H2,(H,41,47)(H,42,45)/t27-,33+,34?,39-/m1/s1. The van der Waals surface area contributed by atoms with Crippen molar-refractivity contribution in [3.8, 4) is 11.5 Å². The Balaban J connectivity index is 1.19. The molecule has 1 unspecified atom stereocenters. The van der Waals surface area contributed by atoms with Crippen LogP contribution in [0.2, 0.25) is 5.02 Å². The van der Waals surface area contributed by atoms with E-state index in [1.54, 1.807) is 30.3 Å². The van der Waals surface area contributed by atoms with Crippen molar-refractivity contribution in [2.24, 2.45) is 5.92 Å². The number of nitrogens with zero attached hydrogens (tertiary/aromatic N) is 1. The summed E-state index contributed by atoms with van der Waals surface area (Å²) in [4.78, 5) is 57.4. The van der Waals surface area contributed by atoms with E-state index in [0.29, 0.717) is 48.6 Å². The first kappa shape index (κ1) is 36.5. The maximum absolute atomic E-state index is 14.5. The summed E-state index contributed by atoms with van der Waals surface area (Å²) in [6.07, 6.45) is 11.5. The maximum Gasteiger partial charge on any atom is 0.408 e. The molecule has 4 atom stereocenters. The van der Waals surface area contributed by atoms with Gasteiger partial charge in [0.15, 0.2) is 15.6 Å². The zero-order valence-corrected chi connectivity index (χ0v) is 30.8. The Kier molecular flexibility index (Phi) is 10.7. The van der Waals surface area contributed by atoms with Gasteiger partial charge in [-0.3, -0.25) is 14.4 Å². The zero-order chi connectivity index (χ0) is 36.5. The van der Waals surface area contributed by atoms with Crippen molar-refractivity contribution < 1.29 is 37.1 Å². The maximum atomic E-state index is 14.5. The van der Waals surface area contributed by atoms with E-state index in [1.165, 1.54) is 4.90 Å².